The van der Waals surface area contributed by atoms with Gasteiger partial charge < -0.3 is 4.74 Å². The van der Waals surface area contributed by atoms with Gasteiger partial charge in [-0.05, 0) is 79.1 Å². The highest BCUT2D eigenvalue weighted by Gasteiger charge is 2.15. The zero-order valence-electron chi connectivity index (χ0n) is 20.5. The summed E-state index contributed by atoms with van der Waals surface area (Å²) in [6.45, 7) is 4.17. The molecule has 0 aromatic heterocycles. The van der Waals surface area contributed by atoms with E-state index in [1.807, 2.05) is 68.4 Å². The average molecular weight is 514 g/mol. The number of carbonyl (C=O) groups is 1. The zero-order valence-corrected chi connectivity index (χ0v) is 21.3. The first-order valence-electron chi connectivity index (χ1n) is 11.7. The molecular formula is C29H27N3O4S. The average Bonchev–Trinajstić information content (AvgIpc) is 2.93. The number of nitrogens with zero attached hydrogens (tertiary/aromatic N) is 1. The van der Waals surface area contributed by atoms with Crippen LogP contribution in [0.25, 0.3) is 11.1 Å². The monoisotopic (exact) mass is 513 g/mol. The first-order valence-corrected chi connectivity index (χ1v) is 13.2. The Balaban J connectivity index is 1.37. The van der Waals surface area contributed by atoms with Gasteiger partial charge in [0.25, 0.3) is 15.9 Å². The molecule has 8 heteroatoms. The van der Waals surface area contributed by atoms with Crippen LogP contribution >= 0.6 is 0 Å². The molecule has 4 rings (SSSR count). The molecule has 4 aromatic rings. The number of hydrazone groups is 1. The number of hydrogen-bond acceptors (Lipinski definition) is 5. The predicted octanol–water partition coefficient (Wildman–Crippen LogP) is 5.71. The molecule has 4 aromatic carbocycles. The first kappa shape index (κ1) is 25.7. The van der Waals surface area contributed by atoms with E-state index in [9.17, 15) is 13.2 Å². The van der Waals surface area contributed by atoms with Crippen LogP contribution in [0.4, 0.5) is 5.69 Å². The molecule has 0 fully saturated rings. The first-order chi connectivity index (χ1) is 17.9. The van der Waals surface area contributed by atoms with Crippen molar-refractivity contribution >= 4 is 27.3 Å². The van der Waals surface area contributed by atoms with E-state index < -0.39 is 15.9 Å². The Hall–Kier alpha value is -4.43. The zero-order chi connectivity index (χ0) is 26.3. The van der Waals surface area contributed by atoms with Crippen molar-refractivity contribution in [1.82, 2.24) is 5.43 Å². The smallest absolute Gasteiger partial charge is 0.271 e. The molecule has 0 radical (unpaired) electrons. The summed E-state index contributed by atoms with van der Waals surface area (Å²) in [7, 11) is -3.78. The highest BCUT2D eigenvalue weighted by Crippen LogP contribution is 2.21. The van der Waals surface area contributed by atoms with Crippen LogP contribution in [-0.4, -0.2) is 26.6 Å². The van der Waals surface area contributed by atoms with Crippen LogP contribution in [-0.2, 0) is 10.0 Å². The summed E-state index contributed by atoms with van der Waals surface area (Å²) in [5.74, 6) is 0.195. The molecule has 0 heterocycles. The van der Waals surface area contributed by atoms with Crippen molar-refractivity contribution in [3.05, 3.63) is 114 Å². The number of carbonyl (C=O) groups excluding carboxylic acids is 1. The van der Waals surface area contributed by atoms with Gasteiger partial charge in [0.2, 0.25) is 0 Å². The fraction of sp³-hybridized carbons (Fsp3) is 0.103. The maximum atomic E-state index is 12.7. The van der Waals surface area contributed by atoms with Crippen molar-refractivity contribution in [3.8, 4) is 16.9 Å². The molecule has 0 aliphatic carbocycles. The number of anilines is 1. The van der Waals surface area contributed by atoms with E-state index in [1.54, 1.807) is 12.1 Å². The van der Waals surface area contributed by atoms with E-state index in [1.165, 1.54) is 36.4 Å². The minimum atomic E-state index is -3.78. The summed E-state index contributed by atoms with van der Waals surface area (Å²) in [4.78, 5) is 12.7. The summed E-state index contributed by atoms with van der Waals surface area (Å²) in [5, 5.41) is 4.21. The minimum absolute atomic E-state index is 0.111. The van der Waals surface area contributed by atoms with Gasteiger partial charge in [0.15, 0.2) is 0 Å². The van der Waals surface area contributed by atoms with Crippen molar-refractivity contribution in [2.75, 3.05) is 11.3 Å². The van der Waals surface area contributed by atoms with Crippen LogP contribution < -0.4 is 14.9 Å². The van der Waals surface area contributed by atoms with E-state index >= 15 is 0 Å². The summed E-state index contributed by atoms with van der Waals surface area (Å²) in [6, 6.07) is 30.3. The minimum Gasteiger partial charge on any atom is -0.494 e. The molecule has 188 valence electrons. The maximum Gasteiger partial charge on any atom is 0.271 e. The SMILES string of the molecule is CCOc1ccc(S(=O)(=O)Nc2ccc(C(=O)N/N=C(/C)c3ccc(-c4ccccc4)cc3)cc2)cc1. The molecule has 2 N–H and O–H groups in total. The van der Waals surface area contributed by atoms with Crippen molar-refractivity contribution < 1.29 is 17.9 Å². The van der Waals surface area contributed by atoms with Crippen molar-refractivity contribution in [3.63, 3.8) is 0 Å². The standard InChI is InChI=1S/C29H27N3O4S/c1-3-36-27-17-19-28(20-18-27)37(34,35)32-26-15-13-25(14-16-26)29(33)31-30-21(2)22-9-11-24(12-10-22)23-7-5-4-6-8-23/h4-20,32H,3H2,1-2H3,(H,31,33)/b30-21-. The third-order valence-corrected chi connectivity index (χ3v) is 6.98. The molecule has 0 aliphatic rings. The number of sulfonamides is 1. The molecule has 37 heavy (non-hydrogen) atoms. The predicted molar refractivity (Wildman–Crippen MR) is 146 cm³/mol. The number of nitrogens with one attached hydrogen (secondary N) is 2. The van der Waals surface area contributed by atoms with Crippen LogP contribution in [0.2, 0.25) is 0 Å². The Morgan fingerprint density at radius 1 is 0.784 bits per heavy atom. The largest absolute Gasteiger partial charge is 0.494 e. The number of amides is 1. The Morgan fingerprint density at radius 2 is 1.38 bits per heavy atom. The number of rotatable bonds is 9. The van der Waals surface area contributed by atoms with Gasteiger partial charge in [-0.1, -0.05) is 54.6 Å². The third-order valence-electron chi connectivity index (χ3n) is 5.58. The Bertz CT molecular complexity index is 1480. The van der Waals surface area contributed by atoms with Crippen molar-refractivity contribution in [2.24, 2.45) is 5.10 Å². The van der Waals surface area contributed by atoms with Crippen LogP contribution in [0.3, 0.4) is 0 Å². The summed E-state index contributed by atoms with van der Waals surface area (Å²) >= 11 is 0. The van der Waals surface area contributed by atoms with Gasteiger partial charge in [-0.2, -0.15) is 5.10 Å². The molecule has 0 aliphatic heterocycles. The van der Waals surface area contributed by atoms with Gasteiger partial charge in [-0.25, -0.2) is 13.8 Å². The van der Waals surface area contributed by atoms with E-state index in [0.717, 1.165) is 16.7 Å². The molecular weight excluding hydrogens is 486 g/mol. The van der Waals surface area contributed by atoms with E-state index in [-0.39, 0.29) is 4.90 Å². The maximum absolute atomic E-state index is 12.7. The van der Waals surface area contributed by atoms with Crippen molar-refractivity contribution in [1.29, 1.82) is 0 Å². The molecule has 1 amide bonds. The molecule has 0 bridgehead atoms. The molecule has 0 unspecified atom stereocenters. The lowest BCUT2D eigenvalue weighted by Gasteiger charge is -2.10. The second-order valence-electron chi connectivity index (χ2n) is 8.17. The molecule has 0 saturated carbocycles. The quantitative estimate of drug-likeness (QED) is 0.221. The van der Waals surface area contributed by atoms with Crippen LogP contribution in [0.15, 0.2) is 113 Å². The third kappa shape index (κ3) is 6.62. The van der Waals surface area contributed by atoms with Gasteiger partial charge in [0.1, 0.15) is 5.75 Å². The van der Waals surface area contributed by atoms with Crippen LogP contribution in [0.5, 0.6) is 5.75 Å². The topological polar surface area (TPSA) is 96.9 Å². The molecule has 0 atom stereocenters. The fourth-order valence-electron chi connectivity index (χ4n) is 3.58. The molecule has 7 nitrogen and oxygen atoms in total. The molecule has 0 spiro atoms. The van der Waals surface area contributed by atoms with Gasteiger partial charge in [-0.3, -0.25) is 9.52 Å². The van der Waals surface area contributed by atoms with Crippen molar-refractivity contribution in [2.45, 2.75) is 18.7 Å². The molecule has 0 saturated heterocycles. The van der Waals surface area contributed by atoms with Gasteiger partial charge in [-0.15, -0.1) is 0 Å². The highest BCUT2D eigenvalue weighted by molar-refractivity contribution is 7.92. The number of ether oxygens (including phenoxy) is 1. The fourth-order valence-corrected chi connectivity index (χ4v) is 4.64. The summed E-state index contributed by atoms with van der Waals surface area (Å²) in [5.41, 5.74) is 7.01. The lowest BCUT2D eigenvalue weighted by Crippen LogP contribution is -2.19. The van der Waals surface area contributed by atoms with Gasteiger partial charge in [0, 0.05) is 11.3 Å². The Kier molecular flexibility index (Phi) is 8.00. The van der Waals surface area contributed by atoms with E-state index in [4.69, 9.17) is 4.74 Å². The second-order valence-corrected chi connectivity index (χ2v) is 9.85. The van der Waals surface area contributed by atoms with Gasteiger partial charge in [0.05, 0.1) is 17.2 Å². The lowest BCUT2D eigenvalue weighted by atomic mass is 10.0. The van der Waals surface area contributed by atoms with E-state index in [2.05, 4.69) is 15.2 Å². The van der Waals surface area contributed by atoms with Crippen LogP contribution in [0, 0.1) is 0 Å². The lowest BCUT2D eigenvalue weighted by molar-refractivity contribution is 0.0955. The highest BCUT2D eigenvalue weighted by atomic mass is 32.2. The van der Waals surface area contributed by atoms with Crippen LogP contribution in [0.1, 0.15) is 29.8 Å². The Labute approximate surface area is 216 Å². The Morgan fingerprint density at radius 3 is 2.00 bits per heavy atom. The normalized spacial score (nSPS) is 11.6. The number of benzene rings is 4. The van der Waals surface area contributed by atoms with E-state index in [0.29, 0.717) is 29.3 Å². The van der Waals surface area contributed by atoms with Gasteiger partial charge >= 0.3 is 0 Å². The number of hydrogen-bond donors (Lipinski definition) is 2. The second kappa shape index (κ2) is 11.5. The summed E-state index contributed by atoms with van der Waals surface area (Å²) < 4.78 is 33.2. The summed E-state index contributed by atoms with van der Waals surface area (Å²) in [6.07, 6.45) is 0.